The maximum Gasteiger partial charge on any atom is 0.0783 e. The average Bonchev–Trinajstić information content (AvgIpc) is 2.72. The van der Waals surface area contributed by atoms with Crippen LogP contribution in [-0.4, -0.2) is 20.5 Å². The average molecular weight is 299 g/mol. The van der Waals surface area contributed by atoms with Crippen molar-refractivity contribution < 1.29 is 0 Å². The van der Waals surface area contributed by atoms with Crippen molar-refractivity contribution in [2.45, 2.75) is 32.9 Å². The van der Waals surface area contributed by atoms with Crippen LogP contribution in [0.1, 0.15) is 26.5 Å². The number of hydrogen-bond donors (Lipinski definition) is 1. The minimum atomic E-state index is 0.0288. The van der Waals surface area contributed by atoms with E-state index in [0.29, 0.717) is 16.6 Å². The van der Waals surface area contributed by atoms with Crippen LogP contribution >= 0.6 is 23.2 Å². The van der Waals surface area contributed by atoms with Gasteiger partial charge in [-0.15, -0.1) is 5.10 Å². The first kappa shape index (κ1) is 14.3. The molecule has 2 rings (SSSR count). The van der Waals surface area contributed by atoms with Crippen LogP contribution in [0.5, 0.6) is 0 Å². The molecule has 1 heterocycles. The molecule has 0 bridgehead atoms. The van der Waals surface area contributed by atoms with Crippen LogP contribution in [0.3, 0.4) is 0 Å². The van der Waals surface area contributed by atoms with Gasteiger partial charge in [0.25, 0.3) is 0 Å². The lowest BCUT2D eigenvalue weighted by molar-refractivity contribution is 0.418. The highest BCUT2D eigenvalue weighted by atomic mass is 35.5. The molecule has 0 spiro atoms. The first-order valence-electron chi connectivity index (χ1n) is 5.96. The van der Waals surface area contributed by atoms with Crippen molar-refractivity contribution in [3.05, 3.63) is 40.1 Å². The number of aromatic nitrogens is 3. The van der Waals surface area contributed by atoms with E-state index in [1.165, 1.54) is 0 Å². The second kappa shape index (κ2) is 5.49. The summed E-state index contributed by atoms with van der Waals surface area (Å²) < 4.78 is 1.73. The molecule has 0 atom stereocenters. The summed E-state index contributed by atoms with van der Waals surface area (Å²) in [5, 5.41) is 12.6. The first-order valence-corrected chi connectivity index (χ1v) is 6.72. The molecule has 0 aliphatic carbocycles. The summed E-state index contributed by atoms with van der Waals surface area (Å²) in [6.07, 6.45) is 1.73. The molecule has 0 fully saturated rings. The Balaban J connectivity index is 2.28. The van der Waals surface area contributed by atoms with Gasteiger partial charge in [-0.1, -0.05) is 28.4 Å². The largest absolute Gasteiger partial charge is 0.306 e. The molecule has 0 saturated carbocycles. The molecule has 1 N–H and O–H groups in total. The number of halogens is 2. The second-order valence-corrected chi connectivity index (χ2v) is 6.24. The van der Waals surface area contributed by atoms with E-state index >= 15 is 0 Å². The maximum atomic E-state index is 6.01. The zero-order valence-corrected chi connectivity index (χ0v) is 12.6. The molecule has 0 aliphatic heterocycles. The van der Waals surface area contributed by atoms with Crippen LogP contribution in [0.25, 0.3) is 5.69 Å². The van der Waals surface area contributed by atoms with Gasteiger partial charge in [-0.05, 0) is 39.0 Å². The summed E-state index contributed by atoms with van der Waals surface area (Å²) >= 11 is 12.0. The topological polar surface area (TPSA) is 42.7 Å². The predicted molar refractivity (Wildman–Crippen MR) is 78.0 cm³/mol. The van der Waals surface area contributed by atoms with Gasteiger partial charge < -0.3 is 5.32 Å². The molecule has 102 valence electrons. The number of nitrogens with one attached hydrogen (secondary N) is 1. The summed E-state index contributed by atoms with van der Waals surface area (Å²) in [5.74, 6) is 0. The van der Waals surface area contributed by atoms with Crippen LogP contribution in [0.4, 0.5) is 0 Å². The van der Waals surface area contributed by atoms with Gasteiger partial charge in [-0.3, -0.25) is 0 Å². The molecule has 0 amide bonds. The van der Waals surface area contributed by atoms with Gasteiger partial charge >= 0.3 is 0 Å². The van der Waals surface area contributed by atoms with Crippen LogP contribution in [0, 0.1) is 0 Å². The van der Waals surface area contributed by atoms with Crippen LogP contribution < -0.4 is 5.32 Å². The third kappa shape index (κ3) is 3.93. The fourth-order valence-electron chi connectivity index (χ4n) is 1.61. The Morgan fingerprint density at radius 3 is 2.37 bits per heavy atom. The van der Waals surface area contributed by atoms with E-state index in [1.54, 1.807) is 16.9 Å². The minimum Gasteiger partial charge on any atom is -0.306 e. The molecular formula is C13H16Cl2N4. The molecule has 6 heteroatoms. The van der Waals surface area contributed by atoms with Gasteiger partial charge in [0.15, 0.2) is 0 Å². The van der Waals surface area contributed by atoms with Gasteiger partial charge in [0.1, 0.15) is 0 Å². The van der Waals surface area contributed by atoms with Gasteiger partial charge in [0.05, 0.1) is 17.6 Å². The highest BCUT2D eigenvalue weighted by Crippen LogP contribution is 2.22. The van der Waals surface area contributed by atoms with Crippen molar-refractivity contribution in [3.63, 3.8) is 0 Å². The maximum absolute atomic E-state index is 6.01. The molecule has 19 heavy (non-hydrogen) atoms. The van der Waals surface area contributed by atoms with Gasteiger partial charge in [0, 0.05) is 22.1 Å². The smallest absolute Gasteiger partial charge is 0.0783 e. The third-order valence-electron chi connectivity index (χ3n) is 2.51. The number of rotatable bonds is 3. The van der Waals surface area contributed by atoms with Crippen molar-refractivity contribution in [1.82, 2.24) is 20.3 Å². The van der Waals surface area contributed by atoms with E-state index in [0.717, 1.165) is 11.4 Å². The molecule has 0 aliphatic rings. The fourth-order valence-corrected chi connectivity index (χ4v) is 2.13. The molecule has 0 radical (unpaired) electrons. The molecule has 1 aromatic carbocycles. The lowest BCUT2D eigenvalue weighted by atomic mass is 10.1. The Morgan fingerprint density at radius 1 is 1.16 bits per heavy atom. The Labute approximate surface area is 122 Å². The van der Waals surface area contributed by atoms with Crippen LogP contribution in [0.2, 0.25) is 10.0 Å². The first-order chi connectivity index (χ1) is 8.85. The standard InChI is InChI=1S/C13H16Cl2N4/c1-13(2,3)16-7-12-8-17-18-19(12)11-5-9(14)4-10(15)6-11/h4-6,8,16H,7H2,1-3H3. The predicted octanol–water partition coefficient (Wildman–Crippen LogP) is 3.46. The van der Waals surface area contributed by atoms with E-state index in [1.807, 2.05) is 12.1 Å². The second-order valence-electron chi connectivity index (χ2n) is 5.37. The van der Waals surface area contributed by atoms with E-state index in [4.69, 9.17) is 23.2 Å². The van der Waals surface area contributed by atoms with Gasteiger partial charge in [0.2, 0.25) is 0 Å². The Hall–Kier alpha value is -1.10. The Kier molecular flexibility index (Phi) is 4.13. The van der Waals surface area contributed by atoms with E-state index in [2.05, 4.69) is 36.4 Å². The summed E-state index contributed by atoms with van der Waals surface area (Å²) in [7, 11) is 0. The van der Waals surface area contributed by atoms with E-state index in [9.17, 15) is 0 Å². The van der Waals surface area contributed by atoms with E-state index in [-0.39, 0.29) is 5.54 Å². The highest BCUT2D eigenvalue weighted by molar-refractivity contribution is 6.34. The molecule has 0 saturated heterocycles. The zero-order valence-electron chi connectivity index (χ0n) is 11.1. The normalized spacial score (nSPS) is 11.8. The Morgan fingerprint density at radius 2 is 1.79 bits per heavy atom. The molecule has 4 nitrogen and oxygen atoms in total. The van der Waals surface area contributed by atoms with Gasteiger partial charge in [-0.2, -0.15) is 0 Å². The minimum absolute atomic E-state index is 0.0288. The number of benzene rings is 1. The summed E-state index contributed by atoms with van der Waals surface area (Å²) in [6, 6.07) is 5.31. The van der Waals surface area contributed by atoms with Crippen LogP contribution in [0.15, 0.2) is 24.4 Å². The number of hydrogen-bond acceptors (Lipinski definition) is 3. The van der Waals surface area contributed by atoms with Crippen LogP contribution in [-0.2, 0) is 6.54 Å². The van der Waals surface area contributed by atoms with Crippen molar-refractivity contribution in [2.75, 3.05) is 0 Å². The highest BCUT2D eigenvalue weighted by Gasteiger charge is 2.12. The molecule has 0 unspecified atom stereocenters. The third-order valence-corrected chi connectivity index (χ3v) is 2.95. The lowest BCUT2D eigenvalue weighted by Crippen LogP contribution is -2.35. The quantitative estimate of drug-likeness (QED) is 0.943. The fraction of sp³-hybridized carbons (Fsp3) is 0.385. The molecule has 1 aromatic heterocycles. The van der Waals surface area contributed by atoms with Crippen molar-refractivity contribution in [3.8, 4) is 5.69 Å². The molecular weight excluding hydrogens is 283 g/mol. The lowest BCUT2D eigenvalue weighted by Gasteiger charge is -2.20. The van der Waals surface area contributed by atoms with Crippen molar-refractivity contribution in [2.24, 2.45) is 0 Å². The summed E-state index contributed by atoms with van der Waals surface area (Å²) in [4.78, 5) is 0. The summed E-state index contributed by atoms with van der Waals surface area (Å²) in [5.41, 5.74) is 1.79. The van der Waals surface area contributed by atoms with Crippen molar-refractivity contribution >= 4 is 23.2 Å². The summed E-state index contributed by atoms with van der Waals surface area (Å²) in [6.45, 7) is 6.99. The zero-order chi connectivity index (χ0) is 14.0. The van der Waals surface area contributed by atoms with Crippen molar-refractivity contribution in [1.29, 1.82) is 0 Å². The SMILES string of the molecule is CC(C)(C)NCc1cnnn1-c1cc(Cl)cc(Cl)c1. The number of nitrogens with zero attached hydrogens (tertiary/aromatic N) is 3. The molecule has 2 aromatic rings. The Bertz CT molecular complexity index is 552. The van der Waals surface area contributed by atoms with E-state index < -0.39 is 0 Å². The monoisotopic (exact) mass is 298 g/mol. The van der Waals surface area contributed by atoms with Gasteiger partial charge in [-0.25, -0.2) is 4.68 Å².